The van der Waals surface area contributed by atoms with Gasteiger partial charge in [-0.15, -0.1) is 0 Å². The molecule has 0 unspecified atom stereocenters. The molecule has 4 heteroatoms. The summed E-state index contributed by atoms with van der Waals surface area (Å²) in [4.78, 5) is 12.6. The average molecular weight is 384 g/mol. The lowest BCUT2D eigenvalue weighted by Gasteiger charge is -2.20. The number of benzene rings is 2. The smallest absolute Gasteiger partial charge is 0.220 e. The maximum Gasteiger partial charge on any atom is 0.220 e. The zero-order chi connectivity index (χ0) is 20.5. The Bertz CT molecular complexity index is 785. The fourth-order valence-electron chi connectivity index (χ4n) is 3.39. The van der Waals surface area contributed by atoms with Crippen LogP contribution in [0.15, 0.2) is 36.4 Å². The first-order valence-electron chi connectivity index (χ1n) is 10.2. The molecule has 2 aromatic rings. The lowest BCUT2D eigenvalue weighted by atomic mass is 9.97. The van der Waals surface area contributed by atoms with Crippen LogP contribution in [0, 0.1) is 13.8 Å². The zero-order valence-electron chi connectivity index (χ0n) is 17.8. The van der Waals surface area contributed by atoms with Crippen molar-refractivity contribution in [2.45, 2.75) is 59.9 Å². The largest absolute Gasteiger partial charge is 0.490 e. The second-order valence-electron chi connectivity index (χ2n) is 7.04. The van der Waals surface area contributed by atoms with Crippen molar-refractivity contribution in [3.8, 4) is 11.5 Å². The highest BCUT2D eigenvalue weighted by Gasteiger charge is 2.15. The summed E-state index contributed by atoms with van der Waals surface area (Å²) in [6.07, 6.45) is 1.98. The van der Waals surface area contributed by atoms with E-state index in [0.29, 0.717) is 26.1 Å². The molecule has 1 N–H and O–H groups in total. The fourth-order valence-corrected chi connectivity index (χ4v) is 3.39. The van der Waals surface area contributed by atoms with E-state index in [-0.39, 0.29) is 11.9 Å². The Hall–Kier alpha value is -2.49. The number of hydrogen-bond acceptors (Lipinski definition) is 3. The molecule has 152 valence electrons. The van der Waals surface area contributed by atoms with Crippen LogP contribution < -0.4 is 14.8 Å². The zero-order valence-corrected chi connectivity index (χ0v) is 17.8. The van der Waals surface area contributed by atoms with E-state index in [9.17, 15) is 4.79 Å². The molecule has 0 saturated carbocycles. The van der Waals surface area contributed by atoms with Crippen molar-refractivity contribution < 1.29 is 14.3 Å². The van der Waals surface area contributed by atoms with Crippen molar-refractivity contribution in [2.24, 2.45) is 0 Å². The molecule has 1 atom stereocenters. The summed E-state index contributed by atoms with van der Waals surface area (Å²) in [5.41, 5.74) is 4.73. The van der Waals surface area contributed by atoms with Gasteiger partial charge < -0.3 is 14.8 Å². The van der Waals surface area contributed by atoms with E-state index in [0.717, 1.165) is 23.5 Å². The van der Waals surface area contributed by atoms with E-state index in [1.54, 1.807) is 0 Å². The van der Waals surface area contributed by atoms with Crippen LogP contribution in [-0.2, 0) is 11.2 Å². The third-order valence-electron chi connectivity index (χ3n) is 4.79. The quantitative estimate of drug-likeness (QED) is 0.605. The Morgan fingerprint density at radius 1 is 0.964 bits per heavy atom. The molecule has 0 bridgehead atoms. The number of amides is 1. The van der Waals surface area contributed by atoms with Gasteiger partial charge in [0.1, 0.15) is 0 Å². The summed E-state index contributed by atoms with van der Waals surface area (Å²) in [6, 6.07) is 12.3. The Morgan fingerprint density at radius 2 is 1.68 bits per heavy atom. The minimum absolute atomic E-state index is 0.0485. The third kappa shape index (κ3) is 6.01. The molecule has 1 amide bonds. The van der Waals surface area contributed by atoms with E-state index in [4.69, 9.17) is 9.47 Å². The van der Waals surface area contributed by atoms with Crippen molar-refractivity contribution in [2.75, 3.05) is 13.2 Å². The van der Waals surface area contributed by atoms with Gasteiger partial charge in [0.05, 0.1) is 19.3 Å². The van der Waals surface area contributed by atoms with Crippen LogP contribution in [0.3, 0.4) is 0 Å². The van der Waals surface area contributed by atoms with E-state index in [1.165, 1.54) is 16.7 Å². The standard InChI is InChI=1S/C24H33NO3/c1-6-21(20-12-9-17(4)15-18(20)5)25-24(26)14-11-19-10-13-22(27-7-2)23(16-19)28-8-3/h9-10,12-13,15-16,21H,6-8,11,14H2,1-5H3,(H,25,26)/t21-/m0/s1. The Labute approximate surface area is 169 Å². The van der Waals surface area contributed by atoms with E-state index < -0.39 is 0 Å². The summed E-state index contributed by atoms with van der Waals surface area (Å²) < 4.78 is 11.3. The molecular formula is C24H33NO3. The van der Waals surface area contributed by atoms with Crippen LogP contribution in [0.2, 0.25) is 0 Å². The minimum Gasteiger partial charge on any atom is -0.490 e. The van der Waals surface area contributed by atoms with Crippen molar-refractivity contribution in [3.05, 3.63) is 58.7 Å². The van der Waals surface area contributed by atoms with Gasteiger partial charge in [-0.25, -0.2) is 0 Å². The Balaban J connectivity index is 1.99. The number of hydrogen-bond donors (Lipinski definition) is 1. The monoisotopic (exact) mass is 383 g/mol. The second-order valence-corrected chi connectivity index (χ2v) is 7.04. The number of aryl methyl sites for hydroxylation is 3. The first-order valence-corrected chi connectivity index (χ1v) is 10.2. The summed E-state index contributed by atoms with van der Waals surface area (Å²) in [5.74, 6) is 1.56. The molecule has 0 spiro atoms. The van der Waals surface area contributed by atoms with Gasteiger partial charge in [-0.2, -0.15) is 0 Å². The van der Waals surface area contributed by atoms with Gasteiger partial charge in [0.15, 0.2) is 11.5 Å². The Morgan fingerprint density at radius 3 is 2.32 bits per heavy atom. The molecule has 0 aliphatic heterocycles. The summed E-state index contributed by atoms with van der Waals surface area (Å²) >= 11 is 0. The van der Waals surface area contributed by atoms with Crippen LogP contribution in [-0.4, -0.2) is 19.1 Å². The predicted octanol–water partition coefficient (Wildman–Crippen LogP) is 5.30. The number of nitrogens with one attached hydrogen (secondary N) is 1. The van der Waals surface area contributed by atoms with Crippen molar-refractivity contribution in [1.82, 2.24) is 5.32 Å². The molecule has 2 rings (SSSR count). The minimum atomic E-state index is 0.0485. The van der Waals surface area contributed by atoms with Crippen LogP contribution >= 0.6 is 0 Å². The Kier molecular flexibility index (Phi) is 8.37. The average Bonchev–Trinajstić information content (AvgIpc) is 2.67. The normalized spacial score (nSPS) is 11.8. The molecule has 28 heavy (non-hydrogen) atoms. The first-order chi connectivity index (χ1) is 13.5. The molecule has 0 heterocycles. The number of carbonyl (C=O) groups is 1. The van der Waals surface area contributed by atoms with Gasteiger partial charge in [-0.1, -0.05) is 36.8 Å². The molecule has 0 aliphatic rings. The van der Waals surface area contributed by atoms with Gasteiger partial charge in [0.25, 0.3) is 0 Å². The third-order valence-corrected chi connectivity index (χ3v) is 4.79. The van der Waals surface area contributed by atoms with Gasteiger partial charge >= 0.3 is 0 Å². The SMILES string of the molecule is CCOc1ccc(CCC(=O)N[C@@H](CC)c2ccc(C)cc2C)cc1OCC. The van der Waals surface area contributed by atoms with E-state index in [1.807, 2.05) is 32.0 Å². The summed E-state index contributed by atoms with van der Waals surface area (Å²) in [7, 11) is 0. The van der Waals surface area contributed by atoms with Crippen molar-refractivity contribution in [1.29, 1.82) is 0 Å². The second kappa shape index (κ2) is 10.7. The van der Waals surface area contributed by atoms with Gasteiger partial charge in [0, 0.05) is 6.42 Å². The number of rotatable bonds is 10. The van der Waals surface area contributed by atoms with Crippen LogP contribution in [0.25, 0.3) is 0 Å². The molecule has 0 aliphatic carbocycles. The van der Waals surface area contributed by atoms with Gasteiger partial charge in [0.2, 0.25) is 5.91 Å². The van der Waals surface area contributed by atoms with E-state index in [2.05, 4.69) is 44.3 Å². The van der Waals surface area contributed by atoms with Crippen molar-refractivity contribution >= 4 is 5.91 Å². The predicted molar refractivity (Wildman–Crippen MR) is 114 cm³/mol. The number of ether oxygens (including phenoxy) is 2. The molecule has 0 aromatic heterocycles. The molecule has 0 radical (unpaired) electrons. The molecular weight excluding hydrogens is 350 g/mol. The summed E-state index contributed by atoms with van der Waals surface area (Å²) in [6.45, 7) is 11.4. The fraction of sp³-hybridized carbons (Fsp3) is 0.458. The summed E-state index contributed by atoms with van der Waals surface area (Å²) in [5, 5.41) is 3.19. The van der Waals surface area contributed by atoms with Gasteiger partial charge in [-0.05, 0) is 69.4 Å². The number of carbonyl (C=O) groups excluding carboxylic acids is 1. The van der Waals surface area contributed by atoms with Crippen LogP contribution in [0.4, 0.5) is 0 Å². The maximum atomic E-state index is 12.6. The molecule has 2 aromatic carbocycles. The first kappa shape index (κ1) is 21.8. The highest BCUT2D eigenvalue weighted by Crippen LogP contribution is 2.29. The van der Waals surface area contributed by atoms with Gasteiger partial charge in [-0.3, -0.25) is 4.79 Å². The molecule has 0 saturated heterocycles. The molecule has 4 nitrogen and oxygen atoms in total. The van der Waals surface area contributed by atoms with Crippen LogP contribution in [0.1, 0.15) is 61.9 Å². The topological polar surface area (TPSA) is 47.6 Å². The molecule has 0 fully saturated rings. The lowest BCUT2D eigenvalue weighted by molar-refractivity contribution is -0.121. The van der Waals surface area contributed by atoms with Crippen LogP contribution in [0.5, 0.6) is 11.5 Å². The van der Waals surface area contributed by atoms with E-state index >= 15 is 0 Å². The highest BCUT2D eigenvalue weighted by molar-refractivity contribution is 5.76. The highest BCUT2D eigenvalue weighted by atomic mass is 16.5. The lowest BCUT2D eigenvalue weighted by Crippen LogP contribution is -2.28. The van der Waals surface area contributed by atoms with Crippen molar-refractivity contribution in [3.63, 3.8) is 0 Å². The maximum absolute atomic E-state index is 12.6.